The highest BCUT2D eigenvalue weighted by molar-refractivity contribution is 6.02. The number of urea groups is 1. The van der Waals surface area contributed by atoms with E-state index in [2.05, 4.69) is 10.3 Å². The molecule has 1 aromatic carbocycles. The van der Waals surface area contributed by atoms with Gasteiger partial charge in [0.25, 0.3) is 0 Å². The van der Waals surface area contributed by atoms with Crippen LogP contribution in [0.3, 0.4) is 0 Å². The summed E-state index contributed by atoms with van der Waals surface area (Å²) in [5.41, 5.74) is 2.71. The van der Waals surface area contributed by atoms with E-state index in [0.29, 0.717) is 12.4 Å². The fourth-order valence-corrected chi connectivity index (χ4v) is 2.63. The Balaban J connectivity index is 1.83. The first-order valence-corrected chi connectivity index (χ1v) is 6.91. The third-order valence-electron chi connectivity index (χ3n) is 3.66. The fraction of sp³-hybridized carbons (Fsp3) is 0.250. The van der Waals surface area contributed by atoms with Crippen LogP contribution >= 0.6 is 0 Å². The van der Waals surface area contributed by atoms with Crippen LogP contribution in [0.5, 0.6) is 0 Å². The van der Waals surface area contributed by atoms with Crippen molar-refractivity contribution in [3.8, 4) is 0 Å². The van der Waals surface area contributed by atoms with Gasteiger partial charge in [0.15, 0.2) is 0 Å². The Morgan fingerprint density at radius 1 is 1.33 bits per heavy atom. The second-order valence-corrected chi connectivity index (χ2v) is 5.14. The molecular formula is C16H17N3O2. The largest absolute Gasteiger partial charge is 0.396 e. The van der Waals surface area contributed by atoms with Gasteiger partial charge in [-0.25, -0.2) is 9.78 Å². The number of nitrogens with one attached hydrogen (secondary N) is 1. The Kier molecular flexibility index (Phi) is 3.58. The highest BCUT2D eigenvalue weighted by atomic mass is 16.3. The van der Waals surface area contributed by atoms with E-state index in [9.17, 15) is 9.90 Å². The third-order valence-corrected chi connectivity index (χ3v) is 3.66. The molecule has 1 aromatic heterocycles. The molecule has 3 rings (SSSR count). The number of hydrogen-bond donors (Lipinski definition) is 2. The van der Waals surface area contributed by atoms with E-state index < -0.39 is 0 Å². The molecule has 0 spiro atoms. The standard InChI is InChI=1S/C16H17N3O2/c1-11-5-4-8-15(17-11)18-16(21)19-9-12(10-20)13-6-2-3-7-14(13)19/h2-8,12,20H,9-10H2,1H3,(H,17,18,21). The van der Waals surface area contributed by atoms with Crippen LogP contribution in [0.15, 0.2) is 42.5 Å². The molecule has 21 heavy (non-hydrogen) atoms. The maximum absolute atomic E-state index is 12.4. The smallest absolute Gasteiger partial charge is 0.327 e. The van der Waals surface area contributed by atoms with Crippen molar-refractivity contribution < 1.29 is 9.90 Å². The zero-order valence-electron chi connectivity index (χ0n) is 11.8. The number of pyridine rings is 1. The number of rotatable bonds is 2. The van der Waals surface area contributed by atoms with E-state index >= 15 is 0 Å². The molecule has 2 aromatic rings. The number of aliphatic hydroxyl groups is 1. The molecule has 2 amide bonds. The van der Waals surface area contributed by atoms with Gasteiger partial charge in [-0.15, -0.1) is 0 Å². The number of carbonyl (C=O) groups is 1. The van der Waals surface area contributed by atoms with Gasteiger partial charge < -0.3 is 5.11 Å². The summed E-state index contributed by atoms with van der Waals surface area (Å²) in [5.74, 6) is 0.502. The van der Waals surface area contributed by atoms with Crippen molar-refractivity contribution in [2.24, 2.45) is 0 Å². The number of aromatic nitrogens is 1. The van der Waals surface area contributed by atoms with Crippen LogP contribution in [-0.2, 0) is 0 Å². The van der Waals surface area contributed by atoms with Gasteiger partial charge in [-0.2, -0.15) is 0 Å². The molecule has 2 N–H and O–H groups in total. The molecule has 1 unspecified atom stereocenters. The van der Waals surface area contributed by atoms with Crippen molar-refractivity contribution >= 4 is 17.5 Å². The summed E-state index contributed by atoms with van der Waals surface area (Å²) in [6.07, 6.45) is 0. The molecule has 0 radical (unpaired) electrons. The predicted molar refractivity (Wildman–Crippen MR) is 81.6 cm³/mol. The summed E-state index contributed by atoms with van der Waals surface area (Å²) in [4.78, 5) is 18.4. The van der Waals surface area contributed by atoms with Crippen molar-refractivity contribution in [2.45, 2.75) is 12.8 Å². The molecule has 5 nitrogen and oxygen atoms in total. The van der Waals surface area contributed by atoms with Crippen LogP contribution in [0, 0.1) is 6.92 Å². The monoisotopic (exact) mass is 283 g/mol. The summed E-state index contributed by atoms with van der Waals surface area (Å²) in [6.45, 7) is 2.39. The number of aryl methyl sites for hydroxylation is 1. The Hall–Kier alpha value is -2.40. The number of amides is 2. The molecule has 0 aliphatic carbocycles. The van der Waals surface area contributed by atoms with Crippen molar-refractivity contribution in [1.82, 2.24) is 4.98 Å². The second kappa shape index (κ2) is 5.54. The van der Waals surface area contributed by atoms with Gasteiger partial charge in [-0.3, -0.25) is 10.2 Å². The Morgan fingerprint density at radius 2 is 2.14 bits per heavy atom. The lowest BCUT2D eigenvalue weighted by atomic mass is 10.0. The van der Waals surface area contributed by atoms with Gasteiger partial charge in [0.1, 0.15) is 5.82 Å². The number of anilines is 2. The van der Waals surface area contributed by atoms with Crippen LogP contribution in [0.4, 0.5) is 16.3 Å². The molecule has 0 fully saturated rings. The minimum absolute atomic E-state index is 0.0302. The van der Waals surface area contributed by atoms with Crippen LogP contribution in [0.1, 0.15) is 17.2 Å². The van der Waals surface area contributed by atoms with Crippen molar-refractivity contribution in [3.63, 3.8) is 0 Å². The molecule has 108 valence electrons. The average Bonchev–Trinajstić information content (AvgIpc) is 2.86. The Labute approximate surface area is 123 Å². The molecule has 0 saturated carbocycles. The van der Waals surface area contributed by atoms with Gasteiger partial charge in [0, 0.05) is 23.8 Å². The van der Waals surface area contributed by atoms with Gasteiger partial charge in [0.05, 0.1) is 6.61 Å². The minimum atomic E-state index is -0.225. The molecule has 2 heterocycles. The van der Waals surface area contributed by atoms with E-state index in [-0.39, 0.29) is 18.6 Å². The first kappa shape index (κ1) is 13.6. The number of carbonyl (C=O) groups excluding carboxylic acids is 1. The SMILES string of the molecule is Cc1cccc(NC(=O)N2CC(CO)c3ccccc32)n1. The van der Waals surface area contributed by atoms with Crippen molar-refractivity contribution in [2.75, 3.05) is 23.4 Å². The molecule has 5 heteroatoms. The van der Waals surface area contributed by atoms with E-state index in [0.717, 1.165) is 16.9 Å². The normalized spacial score (nSPS) is 16.7. The molecule has 1 aliphatic rings. The number of para-hydroxylation sites is 1. The van der Waals surface area contributed by atoms with Crippen LogP contribution in [0.25, 0.3) is 0 Å². The lowest BCUT2D eigenvalue weighted by Crippen LogP contribution is -2.34. The zero-order valence-corrected chi connectivity index (χ0v) is 11.8. The molecule has 0 saturated heterocycles. The van der Waals surface area contributed by atoms with E-state index in [1.807, 2.05) is 43.3 Å². The van der Waals surface area contributed by atoms with Gasteiger partial charge >= 0.3 is 6.03 Å². The molecule has 1 atom stereocenters. The summed E-state index contributed by atoms with van der Waals surface area (Å²) in [7, 11) is 0. The lowest BCUT2D eigenvalue weighted by Gasteiger charge is -2.18. The quantitative estimate of drug-likeness (QED) is 0.890. The predicted octanol–water partition coefficient (Wildman–Crippen LogP) is 2.52. The Bertz CT molecular complexity index is 672. The molecule has 0 bridgehead atoms. The minimum Gasteiger partial charge on any atom is -0.396 e. The summed E-state index contributed by atoms with van der Waals surface area (Å²) in [5, 5.41) is 12.3. The third kappa shape index (κ3) is 2.60. The number of benzene rings is 1. The van der Waals surface area contributed by atoms with Crippen molar-refractivity contribution in [3.05, 3.63) is 53.7 Å². The fourth-order valence-electron chi connectivity index (χ4n) is 2.63. The second-order valence-electron chi connectivity index (χ2n) is 5.14. The van der Waals surface area contributed by atoms with Crippen LogP contribution in [0.2, 0.25) is 0 Å². The van der Waals surface area contributed by atoms with Gasteiger partial charge in [-0.05, 0) is 30.7 Å². The van der Waals surface area contributed by atoms with E-state index in [1.165, 1.54) is 0 Å². The number of fused-ring (bicyclic) bond motifs is 1. The highest BCUT2D eigenvalue weighted by Gasteiger charge is 2.31. The molecule has 1 aliphatic heterocycles. The van der Waals surface area contributed by atoms with Gasteiger partial charge in [-0.1, -0.05) is 24.3 Å². The summed E-state index contributed by atoms with van der Waals surface area (Å²) >= 11 is 0. The van der Waals surface area contributed by atoms with Crippen molar-refractivity contribution in [1.29, 1.82) is 0 Å². The molecular weight excluding hydrogens is 266 g/mol. The topological polar surface area (TPSA) is 65.5 Å². The maximum Gasteiger partial charge on any atom is 0.327 e. The van der Waals surface area contributed by atoms with E-state index in [4.69, 9.17) is 0 Å². The first-order chi connectivity index (χ1) is 10.2. The number of aliphatic hydroxyl groups excluding tert-OH is 1. The van der Waals surface area contributed by atoms with Gasteiger partial charge in [0.2, 0.25) is 0 Å². The summed E-state index contributed by atoms with van der Waals surface area (Å²) in [6, 6.07) is 12.9. The van der Waals surface area contributed by atoms with Crippen LogP contribution in [-0.4, -0.2) is 29.3 Å². The zero-order chi connectivity index (χ0) is 14.8. The number of hydrogen-bond acceptors (Lipinski definition) is 3. The van der Waals surface area contributed by atoms with Crippen LogP contribution < -0.4 is 10.2 Å². The highest BCUT2D eigenvalue weighted by Crippen LogP contribution is 2.35. The maximum atomic E-state index is 12.4. The average molecular weight is 283 g/mol. The Morgan fingerprint density at radius 3 is 2.90 bits per heavy atom. The first-order valence-electron chi connectivity index (χ1n) is 6.91. The summed E-state index contributed by atoms with van der Waals surface area (Å²) < 4.78 is 0. The van der Waals surface area contributed by atoms with E-state index in [1.54, 1.807) is 11.0 Å². The number of nitrogens with zero attached hydrogens (tertiary/aromatic N) is 2. The lowest BCUT2D eigenvalue weighted by molar-refractivity contribution is 0.253.